The number of aryl methyl sites for hydroxylation is 1. The molecule has 0 bridgehead atoms. The molecule has 0 aromatic carbocycles. The molecule has 0 aliphatic carbocycles. The van der Waals surface area contributed by atoms with Crippen LogP contribution >= 0.6 is 11.3 Å². The van der Waals surface area contributed by atoms with E-state index in [0.717, 1.165) is 36.8 Å². The van der Waals surface area contributed by atoms with Gasteiger partial charge in [-0.25, -0.2) is 15.0 Å². The summed E-state index contributed by atoms with van der Waals surface area (Å²) in [6.45, 7) is 2.85. The van der Waals surface area contributed by atoms with Crippen LogP contribution in [0, 0.1) is 0 Å². The van der Waals surface area contributed by atoms with E-state index in [-0.39, 0.29) is 0 Å². The number of thiophene rings is 1. The van der Waals surface area contributed by atoms with Gasteiger partial charge in [0.15, 0.2) is 5.82 Å². The van der Waals surface area contributed by atoms with Gasteiger partial charge in [0.2, 0.25) is 0 Å². The van der Waals surface area contributed by atoms with Crippen LogP contribution in [-0.4, -0.2) is 31.0 Å². The molecule has 1 aliphatic rings. The van der Waals surface area contributed by atoms with Gasteiger partial charge in [-0.15, -0.1) is 11.3 Å². The van der Waals surface area contributed by atoms with Gasteiger partial charge < -0.3 is 4.57 Å². The fourth-order valence-electron chi connectivity index (χ4n) is 2.80. The van der Waals surface area contributed by atoms with Crippen molar-refractivity contribution in [2.75, 3.05) is 6.54 Å². The molecule has 6 heteroatoms. The third-order valence-corrected chi connectivity index (χ3v) is 4.92. The molecular formula is C16H17N5S. The average molecular weight is 311 g/mol. The molecular weight excluding hydrogens is 294 g/mol. The third-order valence-electron chi connectivity index (χ3n) is 4.06. The molecule has 3 aromatic heterocycles. The predicted octanol–water partition coefficient (Wildman–Crippen LogP) is 2.50. The minimum atomic E-state index is 0.855. The number of aromatic nitrogens is 4. The SMILES string of the molecule is Cn1cncc1CN1CCc2nc(-c3cccs3)ncc2C1. The van der Waals surface area contributed by atoms with Crippen LogP contribution in [-0.2, 0) is 26.6 Å². The van der Waals surface area contributed by atoms with Gasteiger partial charge in [-0.2, -0.15) is 0 Å². The van der Waals surface area contributed by atoms with Gasteiger partial charge in [-0.3, -0.25) is 4.90 Å². The van der Waals surface area contributed by atoms with Crippen molar-refractivity contribution in [3.8, 4) is 10.7 Å². The second-order valence-electron chi connectivity index (χ2n) is 5.60. The van der Waals surface area contributed by atoms with Crippen LogP contribution in [0.3, 0.4) is 0 Å². The Morgan fingerprint density at radius 2 is 2.27 bits per heavy atom. The van der Waals surface area contributed by atoms with Crippen molar-refractivity contribution in [1.82, 2.24) is 24.4 Å². The van der Waals surface area contributed by atoms with E-state index in [9.17, 15) is 0 Å². The van der Waals surface area contributed by atoms with E-state index in [2.05, 4.69) is 30.9 Å². The molecule has 0 saturated heterocycles. The summed E-state index contributed by atoms with van der Waals surface area (Å²) in [5.74, 6) is 0.855. The smallest absolute Gasteiger partial charge is 0.169 e. The van der Waals surface area contributed by atoms with Gasteiger partial charge in [-0.1, -0.05) is 6.07 Å². The summed E-state index contributed by atoms with van der Waals surface area (Å²) in [7, 11) is 2.04. The highest BCUT2D eigenvalue weighted by molar-refractivity contribution is 7.13. The second kappa shape index (κ2) is 5.62. The van der Waals surface area contributed by atoms with Crippen molar-refractivity contribution >= 4 is 11.3 Å². The zero-order valence-corrected chi connectivity index (χ0v) is 13.3. The van der Waals surface area contributed by atoms with Crippen LogP contribution in [0.4, 0.5) is 0 Å². The van der Waals surface area contributed by atoms with Crippen LogP contribution in [0.15, 0.2) is 36.2 Å². The van der Waals surface area contributed by atoms with Crippen molar-refractivity contribution in [3.63, 3.8) is 0 Å². The summed E-state index contributed by atoms with van der Waals surface area (Å²) in [5.41, 5.74) is 3.67. The summed E-state index contributed by atoms with van der Waals surface area (Å²) in [5, 5.41) is 2.06. The summed E-state index contributed by atoms with van der Waals surface area (Å²) in [6, 6.07) is 4.11. The van der Waals surface area contributed by atoms with Gasteiger partial charge in [0.05, 0.1) is 22.6 Å². The maximum absolute atomic E-state index is 4.76. The normalized spacial score (nSPS) is 15.0. The molecule has 1 aliphatic heterocycles. The number of nitrogens with zero attached hydrogens (tertiary/aromatic N) is 5. The number of fused-ring (bicyclic) bond motifs is 1. The summed E-state index contributed by atoms with van der Waals surface area (Å²) in [4.78, 5) is 17.0. The lowest BCUT2D eigenvalue weighted by Crippen LogP contribution is -2.31. The largest absolute Gasteiger partial charge is 0.337 e. The molecule has 112 valence electrons. The Morgan fingerprint density at radius 3 is 3.05 bits per heavy atom. The number of imidazole rings is 1. The molecule has 0 amide bonds. The molecule has 0 saturated carbocycles. The lowest BCUT2D eigenvalue weighted by molar-refractivity contribution is 0.238. The zero-order valence-electron chi connectivity index (χ0n) is 12.4. The van der Waals surface area contributed by atoms with Gasteiger partial charge in [0.1, 0.15) is 0 Å². The van der Waals surface area contributed by atoms with E-state index in [0.29, 0.717) is 0 Å². The first-order valence-corrected chi connectivity index (χ1v) is 8.24. The molecule has 0 N–H and O–H groups in total. The first kappa shape index (κ1) is 13.6. The van der Waals surface area contributed by atoms with Crippen molar-refractivity contribution < 1.29 is 0 Å². The minimum absolute atomic E-state index is 0.855. The first-order chi connectivity index (χ1) is 10.8. The molecule has 0 unspecified atom stereocenters. The number of hydrogen-bond acceptors (Lipinski definition) is 5. The lowest BCUT2D eigenvalue weighted by Gasteiger charge is -2.27. The van der Waals surface area contributed by atoms with Gasteiger partial charge >= 0.3 is 0 Å². The Morgan fingerprint density at radius 1 is 1.32 bits per heavy atom. The average Bonchev–Trinajstić information content (AvgIpc) is 3.19. The summed E-state index contributed by atoms with van der Waals surface area (Å²) in [6.07, 6.45) is 6.76. The molecule has 0 atom stereocenters. The Labute approximate surface area is 133 Å². The molecule has 0 fully saturated rings. The maximum Gasteiger partial charge on any atom is 0.169 e. The topological polar surface area (TPSA) is 46.8 Å². The molecule has 5 nitrogen and oxygen atoms in total. The fourth-order valence-corrected chi connectivity index (χ4v) is 3.46. The van der Waals surface area contributed by atoms with E-state index in [4.69, 9.17) is 4.98 Å². The monoisotopic (exact) mass is 311 g/mol. The van der Waals surface area contributed by atoms with Gasteiger partial charge in [-0.05, 0) is 11.4 Å². The molecule has 4 rings (SSSR count). The Bertz CT molecular complexity index is 778. The lowest BCUT2D eigenvalue weighted by atomic mass is 10.1. The summed E-state index contributed by atoms with van der Waals surface area (Å²) >= 11 is 1.69. The van der Waals surface area contributed by atoms with Crippen LogP contribution in [0.25, 0.3) is 10.7 Å². The van der Waals surface area contributed by atoms with Crippen molar-refractivity contribution in [2.24, 2.45) is 7.05 Å². The predicted molar refractivity (Wildman–Crippen MR) is 86.4 cm³/mol. The summed E-state index contributed by atoms with van der Waals surface area (Å²) < 4.78 is 2.08. The highest BCUT2D eigenvalue weighted by Crippen LogP contribution is 2.24. The van der Waals surface area contributed by atoms with E-state index in [1.165, 1.54) is 17.0 Å². The second-order valence-corrected chi connectivity index (χ2v) is 6.55. The van der Waals surface area contributed by atoms with Gasteiger partial charge in [0.25, 0.3) is 0 Å². The number of rotatable bonds is 3. The van der Waals surface area contributed by atoms with Crippen molar-refractivity contribution in [3.05, 3.63) is 53.2 Å². The van der Waals surface area contributed by atoms with Crippen LogP contribution < -0.4 is 0 Å². The van der Waals surface area contributed by atoms with E-state index in [1.807, 2.05) is 31.8 Å². The van der Waals surface area contributed by atoms with Crippen LogP contribution in [0.5, 0.6) is 0 Å². The highest BCUT2D eigenvalue weighted by atomic mass is 32.1. The van der Waals surface area contributed by atoms with E-state index < -0.39 is 0 Å². The molecule has 0 spiro atoms. The quantitative estimate of drug-likeness (QED) is 0.745. The Hall–Kier alpha value is -2.05. The van der Waals surface area contributed by atoms with Crippen LogP contribution in [0.2, 0.25) is 0 Å². The van der Waals surface area contributed by atoms with E-state index >= 15 is 0 Å². The highest BCUT2D eigenvalue weighted by Gasteiger charge is 2.19. The Balaban J connectivity index is 1.53. The Kier molecular flexibility index (Phi) is 3.48. The first-order valence-electron chi connectivity index (χ1n) is 7.36. The zero-order chi connectivity index (χ0) is 14.9. The third kappa shape index (κ3) is 2.55. The molecule has 22 heavy (non-hydrogen) atoms. The van der Waals surface area contributed by atoms with Gasteiger partial charge in [0, 0.05) is 51.1 Å². The number of hydrogen-bond donors (Lipinski definition) is 0. The maximum atomic E-state index is 4.76. The molecule has 0 radical (unpaired) electrons. The fraction of sp³-hybridized carbons (Fsp3) is 0.312. The molecule has 3 aromatic rings. The van der Waals surface area contributed by atoms with Crippen molar-refractivity contribution in [1.29, 1.82) is 0 Å². The minimum Gasteiger partial charge on any atom is -0.337 e. The van der Waals surface area contributed by atoms with Crippen LogP contribution in [0.1, 0.15) is 17.0 Å². The van der Waals surface area contributed by atoms with E-state index in [1.54, 1.807) is 11.3 Å². The van der Waals surface area contributed by atoms with Crippen molar-refractivity contribution in [2.45, 2.75) is 19.5 Å². The molecule has 4 heterocycles. The standard InChI is InChI=1S/C16H17N5S/c1-20-11-17-8-13(20)10-21-5-4-14-12(9-21)7-18-16(19-14)15-3-2-6-22-15/h2-3,6-8,11H,4-5,9-10H2,1H3.